The van der Waals surface area contributed by atoms with E-state index in [0.717, 1.165) is 22.5 Å². The standard InChI is InChI=1S/C24H24N2O4S/c1-31(28,29)26(18-24(27)25-16-15-19-9-5-6-10-20(19)17-25)22-13-7-8-14-23(22)30-21-11-3-2-4-12-21/h2-14H,15-18H2,1H3. The Morgan fingerprint density at radius 3 is 2.32 bits per heavy atom. The van der Waals surface area contributed by atoms with Crippen molar-refractivity contribution in [1.82, 2.24) is 4.90 Å². The first-order valence-electron chi connectivity index (χ1n) is 10.1. The molecular weight excluding hydrogens is 412 g/mol. The lowest BCUT2D eigenvalue weighted by Crippen LogP contribution is -2.44. The van der Waals surface area contributed by atoms with Crippen LogP contribution in [0.3, 0.4) is 0 Å². The average Bonchev–Trinajstić information content (AvgIpc) is 2.77. The molecular formula is C24H24N2O4S. The molecule has 0 aromatic heterocycles. The first-order chi connectivity index (χ1) is 14.9. The van der Waals surface area contributed by atoms with E-state index in [1.165, 1.54) is 5.56 Å². The molecule has 0 saturated carbocycles. The predicted octanol–water partition coefficient (Wildman–Crippen LogP) is 3.83. The lowest BCUT2D eigenvalue weighted by molar-refractivity contribution is -0.130. The van der Waals surface area contributed by atoms with Crippen molar-refractivity contribution < 1.29 is 17.9 Å². The van der Waals surface area contributed by atoms with E-state index in [-0.39, 0.29) is 12.5 Å². The molecule has 0 N–H and O–H groups in total. The molecule has 6 nitrogen and oxygen atoms in total. The van der Waals surface area contributed by atoms with Gasteiger partial charge in [-0.3, -0.25) is 9.10 Å². The van der Waals surface area contributed by atoms with Crippen LogP contribution in [0, 0.1) is 0 Å². The molecule has 0 unspecified atom stereocenters. The van der Waals surface area contributed by atoms with E-state index in [0.29, 0.717) is 30.3 Å². The number of hydrogen-bond donors (Lipinski definition) is 0. The van der Waals surface area contributed by atoms with E-state index in [4.69, 9.17) is 4.74 Å². The molecule has 0 spiro atoms. The van der Waals surface area contributed by atoms with Gasteiger partial charge in [0, 0.05) is 13.1 Å². The zero-order valence-corrected chi connectivity index (χ0v) is 18.1. The zero-order chi connectivity index (χ0) is 21.8. The number of sulfonamides is 1. The molecule has 160 valence electrons. The third-order valence-corrected chi connectivity index (χ3v) is 6.39. The third-order valence-electron chi connectivity index (χ3n) is 5.27. The second kappa shape index (κ2) is 8.81. The van der Waals surface area contributed by atoms with Crippen LogP contribution in [0.1, 0.15) is 11.1 Å². The summed E-state index contributed by atoms with van der Waals surface area (Å²) in [5.74, 6) is 0.715. The maximum Gasteiger partial charge on any atom is 0.243 e. The van der Waals surface area contributed by atoms with Crippen molar-refractivity contribution in [2.24, 2.45) is 0 Å². The number of anilines is 1. The van der Waals surface area contributed by atoms with Crippen LogP contribution in [0.2, 0.25) is 0 Å². The molecule has 4 rings (SSSR count). The highest BCUT2D eigenvalue weighted by atomic mass is 32.2. The maximum absolute atomic E-state index is 13.1. The molecule has 3 aromatic carbocycles. The minimum Gasteiger partial charge on any atom is -0.455 e. The molecule has 0 radical (unpaired) electrons. The van der Waals surface area contributed by atoms with Crippen molar-refractivity contribution in [3.8, 4) is 11.5 Å². The molecule has 0 atom stereocenters. The monoisotopic (exact) mass is 436 g/mol. The number of carbonyl (C=O) groups is 1. The number of fused-ring (bicyclic) bond motifs is 1. The van der Waals surface area contributed by atoms with Gasteiger partial charge in [0.05, 0.1) is 11.9 Å². The number of benzene rings is 3. The van der Waals surface area contributed by atoms with Gasteiger partial charge in [0.25, 0.3) is 0 Å². The molecule has 31 heavy (non-hydrogen) atoms. The number of rotatable bonds is 6. The normalized spacial score (nSPS) is 13.4. The topological polar surface area (TPSA) is 66.9 Å². The van der Waals surface area contributed by atoms with Crippen LogP contribution in [-0.4, -0.2) is 38.6 Å². The second-order valence-corrected chi connectivity index (χ2v) is 9.39. The molecule has 1 heterocycles. The molecule has 0 fully saturated rings. The van der Waals surface area contributed by atoms with Crippen LogP contribution in [0.4, 0.5) is 5.69 Å². The van der Waals surface area contributed by atoms with Gasteiger partial charge in [-0.05, 0) is 41.8 Å². The Balaban J connectivity index is 1.59. The fourth-order valence-corrected chi connectivity index (χ4v) is 4.53. The lowest BCUT2D eigenvalue weighted by atomic mass is 10.00. The van der Waals surface area contributed by atoms with Gasteiger partial charge >= 0.3 is 0 Å². The SMILES string of the molecule is CS(=O)(=O)N(CC(=O)N1CCc2ccccc2C1)c1ccccc1Oc1ccccc1. The Morgan fingerprint density at radius 2 is 1.58 bits per heavy atom. The van der Waals surface area contributed by atoms with Gasteiger partial charge in [0.1, 0.15) is 12.3 Å². The highest BCUT2D eigenvalue weighted by Crippen LogP contribution is 2.33. The van der Waals surface area contributed by atoms with E-state index in [1.807, 2.05) is 36.4 Å². The van der Waals surface area contributed by atoms with Crippen molar-refractivity contribution in [2.45, 2.75) is 13.0 Å². The number of ether oxygens (including phenoxy) is 1. The molecule has 1 amide bonds. The van der Waals surface area contributed by atoms with Gasteiger partial charge < -0.3 is 9.64 Å². The third kappa shape index (κ3) is 4.88. The van der Waals surface area contributed by atoms with Crippen LogP contribution in [0.15, 0.2) is 78.9 Å². The van der Waals surface area contributed by atoms with Crippen LogP contribution in [-0.2, 0) is 27.8 Å². The lowest BCUT2D eigenvalue weighted by Gasteiger charge is -2.31. The Hall–Kier alpha value is -3.32. The summed E-state index contributed by atoms with van der Waals surface area (Å²) >= 11 is 0. The van der Waals surface area contributed by atoms with Crippen molar-refractivity contribution in [3.63, 3.8) is 0 Å². The first kappa shape index (κ1) is 20.9. The highest BCUT2D eigenvalue weighted by Gasteiger charge is 2.28. The number of carbonyl (C=O) groups excluding carboxylic acids is 1. The summed E-state index contributed by atoms with van der Waals surface area (Å²) in [6.07, 6.45) is 1.86. The second-order valence-electron chi connectivity index (χ2n) is 7.49. The summed E-state index contributed by atoms with van der Waals surface area (Å²) in [6.45, 7) is 0.764. The highest BCUT2D eigenvalue weighted by molar-refractivity contribution is 7.92. The Morgan fingerprint density at radius 1 is 0.935 bits per heavy atom. The molecule has 0 saturated heterocycles. The number of para-hydroxylation sites is 3. The molecule has 7 heteroatoms. The minimum absolute atomic E-state index is 0.241. The zero-order valence-electron chi connectivity index (χ0n) is 17.3. The molecule has 1 aliphatic heterocycles. The Bertz CT molecular complexity index is 1180. The molecule has 0 aliphatic carbocycles. The van der Waals surface area contributed by atoms with Gasteiger partial charge in [-0.1, -0.05) is 54.6 Å². The van der Waals surface area contributed by atoms with Gasteiger partial charge in [-0.25, -0.2) is 8.42 Å². The van der Waals surface area contributed by atoms with Crippen molar-refractivity contribution >= 4 is 21.6 Å². The van der Waals surface area contributed by atoms with Gasteiger partial charge in [0.2, 0.25) is 15.9 Å². The first-order valence-corrected chi connectivity index (χ1v) is 11.9. The fourth-order valence-electron chi connectivity index (χ4n) is 3.68. The van der Waals surface area contributed by atoms with E-state index in [9.17, 15) is 13.2 Å². The van der Waals surface area contributed by atoms with Crippen LogP contribution < -0.4 is 9.04 Å². The smallest absolute Gasteiger partial charge is 0.243 e. The van der Waals surface area contributed by atoms with Crippen LogP contribution in [0.5, 0.6) is 11.5 Å². The maximum atomic E-state index is 13.1. The van der Waals surface area contributed by atoms with Crippen LogP contribution in [0.25, 0.3) is 0 Å². The largest absolute Gasteiger partial charge is 0.455 e. The fraction of sp³-hybridized carbons (Fsp3) is 0.208. The average molecular weight is 437 g/mol. The van der Waals surface area contributed by atoms with Gasteiger partial charge in [-0.2, -0.15) is 0 Å². The number of amides is 1. The number of hydrogen-bond acceptors (Lipinski definition) is 4. The molecule has 1 aliphatic rings. The Labute approximate surface area is 182 Å². The minimum atomic E-state index is -3.72. The summed E-state index contributed by atoms with van der Waals surface area (Å²) in [7, 11) is -3.72. The molecule has 0 bridgehead atoms. The van der Waals surface area contributed by atoms with E-state index in [2.05, 4.69) is 6.07 Å². The van der Waals surface area contributed by atoms with Crippen molar-refractivity contribution in [3.05, 3.63) is 90.0 Å². The van der Waals surface area contributed by atoms with Gasteiger partial charge in [0.15, 0.2) is 5.75 Å². The van der Waals surface area contributed by atoms with Crippen molar-refractivity contribution in [1.29, 1.82) is 0 Å². The van der Waals surface area contributed by atoms with E-state index in [1.54, 1.807) is 41.3 Å². The summed E-state index contributed by atoms with van der Waals surface area (Å²) in [5, 5.41) is 0. The van der Waals surface area contributed by atoms with E-state index < -0.39 is 10.0 Å². The number of nitrogens with zero attached hydrogens (tertiary/aromatic N) is 2. The predicted molar refractivity (Wildman–Crippen MR) is 121 cm³/mol. The summed E-state index contributed by atoms with van der Waals surface area (Å²) in [6, 6.07) is 24.0. The Kier molecular flexibility index (Phi) is 5.95. The summed E-state index contributed by atoms with van der Waals surface area (Å²) < 4.78 is 32.4. The summed E-state index contributed by atoms with van der Waals surface area (Å²) in [5.41, 5.74) is 2.66. The quantitative estimate of drug-likeness (QED) is 0.589. The summed E-state index contributed by atoms with van der Waals surface area (Å²) in [4.78, 5) is 14.8. The van der Waals surface area contributed by atoms with Gasteiger partial charge in [-0.15, -0.1) is 0 Å². The van der Waals surface area contributed by atoms with Crippen LogP contribution >= 0.6 is 0 Å². The van der Waals surface area contributed by atoms with Crippen molar-refractivity contribution in [2.75, 3.05) is 23.7 Å². The van der Waals surface area contributed by atoms with E-state index >= 15 is 0 Å². The molecule has 3 aromatic rings.